The lowest BCUT2D eigenvalue weighted by molar-refractivity contribution is -0.387. The predicted molar refractivity (Wildman–Crippen MR) is 97.6 cm³/mol. The normalized spacial score (nSPS) is 11.0. The van der Waals surface area contributed by atoms with Crippen molar-refractivity contribution in [3.63, 3.8) is 0 Å². The Labute approximate surface area is 151 Å². The van der Waals surface area contributed by atoms with E-state index >= 15 is 0 Å². The van der Waals surface area contributed by atoms with E-state index in [9.17, 15) is 23.3 Å². The van der Waals surface area contributed by atoms with Gasteiger partial charge in [-0.25, -0.2) is 8.42 Å². The topological polar surface area (TPSA) is 110 Å². The van der Waals surface area contributed by atoms with Crippen LogP contribution in [-0.4, -0.2) is 37.2 Å². The highest BCUT2D eigenvalue weighted by atomic mass is 32.2. The van der Waals surface area contributed by atoms with Crippen LogP contribution in [0.25, 0.3) is 0 Å². The number of benzene rings is 2. The molecule has 2 rings (SSSR count). The fourth-order valence-electron chi connectivity index (χ4n) is 2.47. The summed E-state index contributed by atoms with van der Waals surface area (Å²) in [6.07, 6.45) is 0. The Morgan fingerprint density at radius 2 is 1.65 bits per heavy atom. The van der Waals surface area contributed by atoms with E-state index in [4.69, 9.17) is 0 Å². The van der Waals surface area contributed by atoms with Gasteiger partial charge in [0.1, 0.15) is 0 Å². The van der Waals surface area contributed by atoms with Crippen LogP contribution in [0.15, 0.2) is 53.4 Å². The molecular weight excluding hydrogens is 358 g/mol. The standard InChI is InChI=1S/C17H19N3O5S/c1-3-19(4-2)17(21)13-9-5-6-10-14(13)18-26(24,25)16-12-8-7-11-15(16)20(22)23/h5-12,18H,3-4H2,1-2H3. The maximum atomic E-state index is 12.7. The van der Waals surface area contributed by atoms with Crippen molar-refractivity contribution in [2.45, 2.75) is 18.7 Å². The number of nitrogens with one attached hydrogen (secondary N) is 1. The number of nitro groups is 1. The molecule has 0 aliphatic carbocycles. The minimum Gasteiger partial charge on any atom is -0.339 e. The monoisotopic (exact) mass is 377 g/mol. The number of amides is 1. The average molecular weight is 377 g/mol. The molecule has 0 unspecified atom stereocenters. The van der Waals surface area contributed by atoms with Crippen molar-refractivity contribution in [3.8, 4) is 0 Å². The number of carbonyl (C=O) groups excluding carboxylic acids is 1. The van der Waals surface area contributed by atoms with E-state index in [1.165, 1.54) is 24.3 Å². The van der Waals surface area contributed by atoms with Gasteiger partial charge in [-0.2, -0.15) is 0 Å². The van der Waals surface area contributed by atoms with Gasteiger partial charge in [0.25, 0.3) is 21.6 Å². The Hall–Kier alpha value is -2.94. The first kappa shape index (κ1) is 19.4. The fourth-order valence-corrected chi connectivity index (χ4v) is 3.73. The van der Waals surface area contributed by atoms with Gasteiger partial charge in [-0.3, -0.25) is 19.6 Å². The van der Waals surface area contributed by atoms with Crippen LogP contribution in [-0.2, 0) is 10.0 Å². The fraction of sp³-hybridized carbons (Fsp3) is 0.235. The lowest BCUT2D eigenvalue weighted by Crippen LogP contribution is -2.31. The van der Waals surface area contributed by atoms with Crippen LogP contribution in [0.4, 0.5) is 11.4 Å². The number of nitrogens with zero attached hydrogens (tertiary/aromatic N) is 2. The van der Waals surface area contributed by atoms with Gasteiger partial charge in [-0.15, -0.1) is 0 Å². The summed E-state index contributed by atoms with van der Waals surface area (Å²) >= 11 is 0. The summed E-state index contributed by atoms with van der Waals surface area (Å²) in [6, 6.07) is 11.2. The predicted octanol–water partition coefficient (Wildman–Crippen LogP) is 2.88. The lowest BCUT2D eigenvalue weighted by atomic mass is 10.1. The molecule has 0 bridgehead atoms. The van der Waals surface area contributed by atoms with E-state index in [0.717, 1.165) is 12.1 Å². The summed E-state index contributed by atoms with van der Waals surface area (Å²) < 4.78 is 27.6. The molecule has 8 nitrogen and oxygen atoms in total. The van der Waals surface area contributed by atoms with E-state index in [2.05, 4.69) is 4.72 Å². The third-order valence-corrected chi connectivity index (χ3v) is 5.22. The maximum Gasteiger partial charge on any atom is 0.289 e. The van der Waals surface area contributed by atoms with Gasteiger partial charge in [0.05, 0.1) is 16.2 Å². The first-order valence-corrected chi connectivity index (χ1v) is 9.44. The third-order valence-electron chi connectivity index (χ3n) is 3.80. The van der Waals surface area contributed by atoms with Crippen LogP contribution in [0.2, 0.25) is 0 Å². The first-order valence-electron chi connectivity index (χ1n) is 7.96. The number of hydrogen-bond acceptors (Lipinski definition) is 5. The maximum absolute atomic E-state index is 12.7. The van der Waals surface area contributed by atoms with Crippen LogP contribution in [0, 0.1) is 10.1 Å². The van der Waals surface area contributed by atoms with Crippen LogP contribution in [0.3, 0.4) is 0 Å². The minimum absolute atomic E-state index is 0.0718. The zero-order valence-electron chi connectivity index (χ0n) is 14.4. The number of anilines is 1. The van der Waals surface area contributed by atoms with E-state index in [1.54, 1.807) is 17.0 Å². The number of para-hydroxylation sites is 2. The minimum atomic E-state index is -4.25. The van der Waals surface area contributed by atoms with Gasteiger partial charge >= 0.3 is 0 Å². The Bertz CT molecular complexity index is 924. The Morgan fingerprint density at radius 1 is 1.08 bits per heavy atom. The SMILES string of the molecule is CCN(CC)C(=O)c1ccccc1NS(=O)(=O)c1ccccc1[N+](=O)[O-]. The molecule has 138 valence electrons. The van der Waals surface area contributed by atoms with Gasteiger partial charge < -0.3 is 4.90 Å². The molecule has 26 heavy (non-hydrogen) atoms. The Morgan fingerprint density at radius 3 is 2.27 bits per heavy atom. The average Bonchev–Trinajstić information content (AvgIpc) is 2.62. The van der Waals surface area contributed by atoms with Crippen molar-refractivity contribution in [1.29, 1.82) is 0 Å². The Balaban J connectivity index is 2.46. The highest BCUT2D eigenvalue weighted by Gasteiger charge is 2.27. The molecule has 0 fully saturated rings. The van der Waals surface area contributed by atoms with Gasteiger partial charge in [0, 0.05) is 19.2 Å². The smallest absolute Gasteiger partial charge is 0.289 e. The van der Waals surface area contributed by atoms with Crippen LogP contribution in [0.5, 0.6) is 0 Å². The molecule has 1 N–H and O–H groups in total. The summed E-state index contributed by atoms with van der Waals surface area (Å²) in [5.41, 5.74) is -0.284. The molecule has 9 heteroatoms. The number of hydrogen-bond donors (Lipinski definition) is 1. The molecule has 0 saturated carbocycles. The highest BCUT2D eigenvalue weighted by molar-refractivity contribution is 7.92. The lowest BCUT2D eigenvalue weighted by Gasteiger charge is -2.20. The van der Waals surface area contributed by atoms with Gasteiger partial charge in [-0.1, -0.05) is 24.3 Å². The van der Waals surface area contributed by atoms with E-state index in [0.29, 0.717) is 13.1 Å². The van der Waals surface area contributed by atoms with Crippen LogP contribution in [0.1, 0.15) is 24.2 Å². The number of carbonyl (C=O) groups is 1. The van der Waals surface area contributed by atoms with Crippen molar-refractivity contribution < 1.29 is 18.1 Å². The van der Waals surface area contributed by atoms with Crippen LogP contribution < -0.4 is 4.72 Å². The van der Waals surface area contributed by atoms with Gasteiger partial charge in [0.15, 0.2) is 4.90 Å². The van der Waals surface area contributed by atoms with Gasteiger partial charge in [0.2, 0.25) is 0 Å². The van der Waals surface area contributed by atoms with E-state index in [1.807, 2.05) is 13.8 Å². The quantitative estimate of drug-likeness (QED) is 0.589. The Kier molecular flexibility index (Phi) is 5.93. The van der Waals surface area contributed by atoms with E-state index < -0.39 is 25.5 Å². The number of nitro benzene ring substituents is 1. The number of sulfonamides is 1. The van der Waals surface area contributed by atoms with E-state index in [-0.39, 0.29) is 17.2 Å². The summed E-state index contributed by atoms with van der Waals surface area (Å²) in [5.74, 6) is -0.323. The second kappa shape index (κ2) is 7.96. The molecule has 0 aliphatic heterocycles. The second-order valence-electron chi connectivity index (χ2n) is 5.35. The molecule has 0 radical (unpaired) electrons. The van der Waals surface area contributed by atoms with Gasteiger partial charge in [-0.05, 0) is 32.0 Å². The molecular formula is C17H19N3O5S. The molecule has 0 aromatic heterocycles. The molecule has 0 saturated heterocycles. The van der Waals surface area contributed by atoms with Crippen molar-refractivity contribution in [2.24, 2.45) is 0 Å². The third kappa shape index (κ3) is 3.99. The second-order valence-corrected chi connectivity index (χ2v) is 7.00. The molecule has 1 amide bonds. The summed E-state index contributed by atoms with van der Waals surface area (Å²) in [6.45, 7) is 4.59. The largest absolute Gasteiger partial charge is 0.339 e. The highest BCUT2D eigenvalue weighted by Crippen LogP contribution is 2.27. The van der Waals surface area contributed by atoms with Crippen molar-refractivity contribution in [2.75, 3.05) is 17.8 Å². The van der Waals surface area contributed by atoms with Crippen molar-refractivity contribution in [3.05, 3.63) is 64.2 Å². The first-order chi connectivity index (χ1) is 12.3. The molecule has 0 spiro atoms. The summed E-state index contributed by atoms with van der Waals surface area (Å²) in [5, 5.41) is 11.1. The molecule has 0 aliphatic rings. The molecule has 0 atom stereocenters. The van der Waals surface area contributed by atoms with Crippen molar-refractivity contribution >= 4 is 27.3 Å². The summed E-state index contributed by atoms with van der Waals surface area (Å²) in [7, 11) is -4.25. The zero-order valence-corrected chi connectivity index (χ0v) is 15.2. The molecule has 0 heterocycles. The molecule has 2 aromatic carbocycles. The zero-order chi connectivity index (χ0) is 19.3. The molecule has 2 aromatic rings. The van der Waals surface area contributed by atoms with Crippen molar-refractivity contribution in [1.82, 2.24) is 4.90 Å². The van der Waals surface area contributed by atoms with Crippen LogP contribution >= 0.6 is 0 Å². The summed E-state index contributed by atoms with van der Waals surface area (Å²) in [4.78, 5) is 24.1. The number of rotatable bonds is 7.